The number of rotatable bonds is 4. The van der Waals surface area contributed by atoms with E-state index in [0.29, 0.717) is 4.77 Å². The number of H-pyrrole nitrogens is 1. The molecule has 0 aliphatic carbocycles. The summed E-state index contributed by atoms with van der Waals surface area (Å²) in [6, 6.07) is 10.2. The Morgan fingerprint density at radius 3 is 2.76 bits per heavy atom. The maximum atomic E-state index is 5.21. The Labute approximate surface area is 106 Å². The van der Waals surface area contributed by atoms with Gasteiger partial charge in [-0.15, -0.1) is 0 Å². The summed E-state index contributed by atoms with van der Waals surface area (Å²) in [5.74, 6) is 0.948. The van der Waals surface area contributed by atoms with Crippen molar-refractivity contribution in [3.05, 3.63) is 58.6 Å². The molecule has 2 aromatic rings. The minimum atomic E-state index is 0.652. The van der Waals surface area contributed by atoms with Crippen LogP contribution in [0.2, 0.25) is 0 Å². The summed E-state index contributed by atoms with van der Waals surface area (Å²) in [6.07, 6.45) is 0.779. The number of nitrogens with zero attached hydrogens (tertiary/aromatic N) is 2. The summed E-state index contributed by atoms with van der Waals surface area (Å²) in [5, 5.41) is 7.11. The van der Waals surface area contributed by atoms with E-state index in [4.69, 9.17) is 12.2 Å². The van der Waals surface area contributed by atoms with Crippen LogP contribution in [0.4, 0.5) is 0 Å². The quantitative estimate of drug-likeness (QED) is 0.663. The third-order valence-corrected chi connectivity index (χ3v) is 2.78. The van der Waals surface area contributed by atoms with Crippen LogP contribution in [0.1, 0.15) is 18.3 Å². The number of aromatic amines is 1. The van der Waals surface area contributed by atoms with E-state index in [1.165, 1.54) is 5.56 Å². The summed E-state index contributed by atoms with van der Waals surface area (Å²) in [5.41, 5.74) is 2.29. The molecule has 4 heteroatoms. The van der Waals surface area contributed by atoms with Crippen LogP contribution in [0.5, 0.6) is 0 Å². The molecule has 0 amide bonds. The van der Waals surface area contributed by atoms with Crippen molar-refractivity contribution in [2.45, 2.75) is 19.9 Å². The molecule has 0 saturated heterocycles. The van der Waals surface area contributed by atoms with Crippen LogP contribution in [-0.2, 0) is 13.0 Å². The van der Waals surface area contributed by atoms with Crippen molar-refractivity contribution in [1.29, 1.82) is 0 Å². The minimum Gasteiger partial charge on any atom is -0.300 e. The highest BCUT2D eigenvalue weighted by Crippen LogP contribution is 2.09. The SMILES string of the molecule is C=C(C)Cn1c(Cc2ccccc2)n[nH]c1=S. The van der Waals surface area contributed by atoms with Crippen molar-refractivity contribution in [2.75, 3.05) is 0 Å². The van der Waals surface area contributed by atoms with Gasteiger partial charge in [0.05, 0.1) is 0 Å². The molecule has 2 rings (SSSR count). The minimum absolute atomic E-state index is 0.652. The Morgan fingerprint density at radius 2 is 2.12 bits per heavy atom. The summed E-state index contributed by atoms with van der Waals surface area (Å²) >= 11 is 5.21. The van der Waals surface area contributed by atoms with Crippen molar-refractivity contribution in [3.8, 4) is 0 Å². The molecule has 0 aliphatic heterocycles. The molecule has 0 saturated carbocycles. The summed E-state index contributed by atoms with van der Waals surface area (Å²) in [4.78, 5) is 0. The molecule has 0 aliphatic rings. The average Bonchev–Trinajstić information content (AvgIpc) is 2.62. The van der Waals surface area contributed by atoms with Gasteiger partial charge >= 0.3 is 0 Å². The molecule has 0 radical (unpaired) electrons. The Balaban J connectivity index is 2.27. The zero-order chi connectivity index (χ0) is 12.3. The molecule has 1 heterocycles. The molecule has 1 aromatic heterocycles. The van der Waals surface area contributed by atoms with Gasteiger partial charge in [-0.1, -0.05) is 42.5 Å². The van der Waals surface area contributed by atoms with E-state index in [9.17, 15) is 0 Å². The highest BCUT2D eigenvalue weighted by molar-refractivity contribution is 7.71. The first kappa shape index (κ1) is 11.8. The number of aromatic nitrogens is 3. The molecular formula is C13H15N3S. The standard InChI is InChI=1S/C13H15N3S/c1-10(2)9-16-12(14-15-13(16)17)8-11-6-4-3-5-7-11/h3-7H,1,8-9H2,2H3,(H,15,17). The second kappa shape index (κ2) is 5.10. The topological polar surface area (TPSA) is 33.6 Å². The maximum Gasteiger partial charge on any atom is 0.195 e. The molecule has 17 heavy (non-hydrogen) atoms. The maximum absolute atomic E-state index is 5.21. The van der Waals surface area contributed by atoms with Crippen LogP contribution in [0.15, 0.2) is 42.5 Å². The predicted molar refractivity (Wildman–Crippen MR) is 71.5 cm³/mol. The van der Waals surface area contributed by atoms with Gasteiger partial charge in [-0.05, 0) is 24.7 Å². The molecule has 3 nitrogen and oxygen atoms in total. The smallest absolute Gasteiger partial charge is 0.195 e. The molecule has 0 fully saturated rings. The predicted octanol–water partition coefficient (Wildman–Crippen LogP) is 3.11. The van der Waals surface area contributed by atoms with Crippen molar-refractivity contribution >= 4 is 12.2 Å². The molecule has 1 N–H and O–H groups in total. The van der Waals surface area contributed by atoms with Gasteiger partial charge in [-0.3, -0.25) is 9.67 Å². The van der Waals surface area contributed by atoms with Gasteiger partial charge < -0.3 is 0 Å². The van der Waals surface area contributed by atoms with Crippen LogP contribution in [0.25, 0.3) is 0 Å². The zero-order valence-electron chi connectivity index (χ0n) is 9.81. The molecule has 0 bridgehead atoms. The zero-order valence-corrected chi connectivity index (χ0v) is 10.6. The van der Waals surface area contributed by atoms with E-state index >= 15 is 0 Å². The average molecular weight is 245 g/mol. The fourth-order valence-corrected chi connectivity index (χ4v) is 1.91. The van der Waals surface area contributed by atoms with Crippen molar-refractivity contribution in [1.82, 2.24) is 14.8 Å². The van der Waals surface area contributed by atoms with Crippen LogP contribution in [0.3, 0.4) is 0 Å². The molecular weight excluding hydrogens is 230 g/mol. The largest absolute Gasteiger partial charge is 0.300 e. The lowest BCUT2D eigenvalue weighted by molar-refractivity contribution is 0.723. The van der Waals surface area contributed by atoms with E-state index in [1.54, 1.807) is 0 Å². The number of benzene rings is 1. The van der Waals surface area contributed by atoms with E-state index < -0.39 is 0 Å². The number of hydrogen-bond donors (Lipinski definition) is 1. The van der Waals surface area contributed by atoms with Crippen LogP contribution in [0, 0.1) is 4.77 Å². The van der Waals surface area contributed by atoms with Crippen LogP contribution < -0.4 is 0 Å². The van der Waals surface area contributed by atoms with E-state index in [1.807, 2.05) is 29.7 Å². The third-order valence-electron chi connectivity index (χ3n) is 2.47. The normalized spacial score (nSPS) is 10.4. The van der Waals surface area contributed by atoms with Crippen molar-refractivity contribution < 1.29 is 0 Å². The fourth-order valence-electron chi connectivity index (χ4n) is 1.70. The van der Waals surface area contributed by atoms with Gasteiger partial charge in [0.1, 0.15) is 5.82 Å². The van der Waals surface area contributed by atoms with Gasteiger partial charge in [0.2, 0.25) is 0 Å². The third kappa shape index (κ3) is 2.91. The number of nitrogens with one attached hydrogen (secondary N) is 1. The molecule has 0 atom stereocenters. The first-order valence-electron chi connectivity index (χ1n) is 5.49. The molecule has 1 aromatic carbocycles. The molecule has 0 spiro atoms. The number of allylic oxidation sites excluding steroid dienone is 1. The summed E-state index contributed by atoms with van der Waals surface area (Å²) < 4.78 is 2.64. The van der Waals surface area contributed by atoms with Crippen molar-refractivity contribution in [3.63, 3.8) is 0 Å². The Bertz CT molecular complexity index is 566. The first-order valence-corrected chi connectivity index (χ1v) is 5.90. The first-order chi connectivity index (χ1) is 8.16. The van der Waals surface area contributed by atoms with Gasteiger partial charge in [0, 0.05) is 13.0 Å². The lowest BCUT2D eigenvalue weighted by Crippen LogP contribution is -2.05. The highest BCUT2D eigenvalue weighted by Gasteiger charge is 2.06. The molecule has 0 unspecified atom stereocenters. The second-order valence-corrected chi connectivity index (χ2v) is 4.54. The number of hydrogen-bond acceptors (Lipinski definition) is 2. The van der Waals surface area contributed by atoms with Crippen LogP contribution in [-0.4, -0.2) is 14.8 Å². The monoisotopic (exact) mass is 245 g/mol. The summed E-state index contributed by atoms with van der Waals surface area (Å²) in [6.45, 7) is 6.62. The van der Waals surface area contributed by atoms with Gasteiger partial charge in [-0.25, -0.2) is 0 Å². The van der Waals surface area contributed by atoms with Gasteiger partial charge in [0.25, 0.3) is 0 Å². The van der Waals surface area contributed by atoms with Crippen LogP contribution >= 0.6 is 12.2 Å². The molecule has 88 valence electrons. The lowest BCUT2D eigenvalue weighted by Gasteiger charge is -2.06. The van der Waals surface area contributed by atoms with E-state index in [2.05, 4.69) is 28.9 Å². The summed E-state index contributed by atoms with van der Waals surface area (Å²) in [7, 11) is 0. The Morgan fingerprint density at radius 1 is 1.41 bits per heavy atom. The lowest BCUT2D eigenvalue weighted by atomic mass is 10.1. The second-order valence-electron chi connectivity index (χ2n) is 4.15. The Kier molecular flexibility index (Phi) is 3.54. The van der Waals surface area contributed by atoms with Gasteiger partial charge in [0.15, 0.2) is 4.77 Å². The van der Waals surface area contributed by atoms with Gasteiger partial charge in [-0.2, -0.15) is 5.10 Å². The highest BCUT2D eigenvalue weighted by atomic mass is 32.1. The fraction of sp³-hybridized carbons (Fsp3) is 0.231. The Hall–Kier alpha value is -1.68. The van der Waals surface area contributed by atoms with Crippen molar-refractivity contribution in [2.24, 2.45) is 0 Å². The van der Waals surface area contributed by atoms with E-state index in [-0.39, 0.29) is 0 Å². The van der Waals surface area contributed by atoms with E-state index in [0.717, 1.165) is 24.4 Å².